The maximum Gasteiger partial charge on any atom is 0.209 e. The van der Waals surface area contributed by atoms with E-state index >= 15 is 0 Å². The highest BCUT2D eigenvalue weighted by atomic mass is 16.5. The molecule has 1 fully saturated rings. The highest BCUT2D eigenvalue weighted by Crippen LogP contribution is 2.31. The van der Waals surface area contributed by atoms with Gasteiger partial charge < -0.3 is 14.6 Å². The molecule has 5 heteroatoms. The zero-order valence-corrected chi connectivity index (χ0v) is 12.9. The van der Waals surface area contributed by atoms with Crippen molar-refractivity contribution in [1.82, 2.24) is 0 Å². The highest BCUT2D eigenvalue weighted by Gasteiger charge is 2.37. The lowest BCUT2D eigenvalue weighted by atomic mass is 9.82. The number of methoxy groups -OCH3 is 2. The molecule has 1 aliphatic heterocycles. The summed E-state index contributed by atoms with van der Waals surface area (Å²) >= 11 is 0. The molecule has 0 aromatic heterocycles. The van der Waals surface area contributed by atoms with E-state index in [0.29, 0.717) is 17.7 Å². The van der Waals surface area contributed by atoms with Gasteiger partial charge >= 0.3 is 0 Å². The molecule has 1 heterocycles. The molecule has 0 spiro atoms. The Balaban J connectivity index is 2.22. The van der Waals surface area contributed by atoms with E-state index in [1.807, 2.05) is 0 Å². The van der Waals surface area contributed by atoms with Crippen molar-refractivity contribution in [2.45, 2.75) is 57.7 Å². The van der Waals surface area contributed by atoms with Gasteiger partial charge in [0.25, 0.3) is 0 Å². The lowest BCUT2D eigenvalue weighted by Crippen LogP contribution is -2.42. The van der Waals surface area contributed by atoms with E-state index < -0.39 is 0 Å². The molecule has 0 amide bonds. The van der Waals surface area contributed by atoms with Crippen LogP contribution in [0.1, 0.15) is 39.5 Å². The molecule has 1 N–H and O–H groups in total. The number of hydrogen-bond acceptors (Lipinski definition) is 5. The zero-order chi connectivity index (χ0) is 14.7. The van der Waals surface area contributed by atoms with Gasteiger partial charge in [-0.05, 0) is 31.1 Å². The van der Waals surface area contributed by atoms with Crippen molar-refractivity contribution in [3.63, 3.8) is 0 Å². The van der Waals surface area contributed by atoms with Crippen LogP contribution in [0.2, 0.25) is 0 Å². The van der Waals surface area contributed by atoms with Crippen LogP contribution in [0.15, 0.2) is 9.98 Å². The van der Waals surface area contributed by atoms with Gasteiger partial charge in [-0.25, -0.2) is 9.98 Å². The van der Waals surface area contributed by atoms with Crippen molar-refractivity contribution in [2.75, 3.05) is 14.2 Å². The number of aliphatic imine (C=N–C) groups is 2. The minimum atomic E-state index is -0.226. The summed E-state index contributed by atoms with van der Waals surface area (Å²) in [5.74, 6) is 1.97. The fourth-order valence-electron chi connectivity index (χ4n) is 3.11. The SMILES string of the molecule is COC1=N[C@H](C(C)C)C(OC)=N[C@H]1[C@H]1CCC[C@@H](O)C1. The van der Waals surface area contributed by atoms with E-state index in [0.717, 1.165) is 25.7 Å². The van der Waals surface area contributed by atoms with Gasteiger partial charge in [-0.1, -0.05) is 20.3 Å². The van der Waals surface area contributed by atoms with E-state index in [2.05, 4.69) is 13.8 Å². The van der Waals surface area contributed by atoms with Crippen LogP contribution in [0, 0.1) is 11.8 Å². The van der Waals surface area contributed by atoms with Gasteiger partial charge in [-0.2, -0.15) is 0 Å². The van der Waals surface area contributed by atoms with Crippen molar-refractivity contribution < 1.29 is 14.6 Å². The average molecular weight is 282 g/mol. The van der Waals surface area contributed by atoms with Crippen molar-refractivity contribution in [2.24, 2.45) is 21.8 Å². The van der Waals surface area contributed by atoms with Crippen molar-refractivity contribution in [3.05, 3.63) is 0 Å². The third-order valence-corrected chi connectivity index (χ3v) is 4.22. The van der Waals surface area contributed by atoms with Gasteiger partial charge in [-0.15, -0.1) is 0 Å². The van der Waals surface area contributed by atoms with Gasteiger partial charge in [-0.3, -0.25) is 0 Å². The van der Waals surface area contributed by atoms with Crippen LogP contribution in [-0.4, -0.2) is 49.3 Å². The normalized spacial score (nSPS) is 34.5. The lowest BCUT2D eigenvalue weighted by Gasteiger charge is -2.34. The first-order valence-electron chi connectivity index (χ1n) is 7.48. The zero-order valence-electron chi connectivity index (χ0n) is 12.9. The Morgan fingerprint density at radius 2 is 1.80 bits per heavy atom. The number of rotatable bonds is 2. The van der Waals surface area contributed by atoms with E-state index in [1.165, 1.54) is 0 Å². The summed E-state index contributed by atoms with van der Waals surface area (Å²) in [4.78, 5) is 9.43. The number of ether oxygens (including phenoxy) is 2. The summed E-state index contributed by atoms with van der Waals surface area (Å²) in [5, 5.41) is 9.87. The molecule has 2 aliphatic rings. The Bertz CT molecular complexity index is 393. The molecule has 0 aromatic carbocycles. The van der Waals surface area contributed by atoms with Crippen LogP contribution in [0.5, 0.6) is 0 Å². The summed E-state index contributed by atoms with van der Waals surface area (Å²) < 4.78 is 10.9. The number of aliphatic hydroxyl groups is 1. The summed E-state index contributed by atoms with van der Waals surface area (Å²) in [5.41, 5.74) is 0. The fraction of sp³-hybridized carbons (Fsp3) is 0.867. The molecule has 20 heavy (non-hydrogen) atoms. The summed E-state index contributed by atoms with van der Waals surface area (Å²) in [6.07, 6.45) is 3.51. The molecule has 114 valence electrons. The molecular formula is C15H26N2O3. The fourth-order valence-corrected chi connectivity index (χ4v) is 3.11. The van der Waals surface area contributed by atoms with Crippen LogP contribution in [0.3, 0.4) is 0 Å². The van der Waals surface area contributed by atoms with Crippen molar-refractivity contribution >= 4 is 11.8 Å². The topological polar surface area (TPSA) is 63.4 Å². The van der Waals surface area contributed by atoms with Gasteiger partial charge in [0.15, 0.2) is 0 Å². The van der Waals surface area contributed by atoms with Crippen LogP contribution in [0.4, 0.5) is 0 Å². The Morgan fingerprint density at radius 1 is 1.10 bits per heavy atom. The van der Waals surface area contributed by atoms with E-state index in [4.69, 9.17) is 19.5 Å². The molecule has 0 bridgehead atoms. The molecule has 1 saturated carbocycles. The number of nitrogens with zero attached hydrogens (tertiary/aromatic N) is 2. The highest BCUT2D eigenvalue weighted by molar-refractivity contribution is 5.94. The van der Waals surface area contributed by atoms with Gasteiger partial charge in [0, 0.05) is 0 Å². The minimum absolute atomic E-state index is 0.0697. The maximum atomic E-state index is 9.87. The van der Waals surface area contributed by atoms with Gasteiger partial charge in [0.05, 0.1) is 20.3 Å². The quantitative estimate of drug-likeness (QED) is 0.843. The average Bonchev–Trinajstić information content (AvgIpc) is 2.45. The molecule has 0 radical (unpaired) electrons. The first kappa shape index (κ1) is 15.3. The molecule has 0 saturated heterocycles. The summed E-state index contributed by atoms with van der Waals surface area (Å²) in [7, 11) is 3.30. The minimum Gasteiger partial charge on any atom is -0.483 e. The standard InChI is InChI=1S/C15H26N2O3/c1-9(2)12-14(19-3)17-13(15(16-12)20-4)10-6-5-7-11(18)8-10/h9-13,18H,5-8H2,1-4H3/t10-,11+,12+,13-/m0/s1. The van der Waals surface area contributed by atoms with E-state index in [-0.39, 0.29) is 24.1 Å². The first-order valence-corrected chi connectivity index (χ1v) is 7.48. The molecule has 5 nitrogen and oxygen atoms in total. The summed E-state index contributed by atoms with van der Waals surface area (Å²) in [6.45, 7) is 4.20. The molecule has 1 aliphatic carbocycles. The molecule has 0 aromatic rings. The number of aliphatic hydroxyl groups excluding tert-OH is 1. The monoisotopic (exact) mass is 282 g/mol. The maximum absolute atomic E-state index is 9.87. The Hall–Kier alpha value is -1.10. The van der Waals surface area contributed by atoms with Crippen LogP contribution < -0.4 is 0 Å². The first-order chi connectivity index (χ1) is 9.56. The smallest absolute Gasteiger partial charge is 0.209 e. The van der Waals surface area contributed by atoms with Gasteiger partial charge in [0.2, 0.25) is 11.8 Å². The Morgan fingerprint density at radius 3 is 2.35 bits per heavy atom. The second kappa shape index (κ2) is 6.57. The molecule has 0 unspecified atom stereocenters. The Kier molecular flexibility index (Phi) is 5.02. The Labute approximate surface area is 121 Å². The number of hydrogen-bond donors (Lipinski definition) is 1. The third kappa shape index (κ3) is 3.14. The van der Waals surface area contributed by atoms with Crippen molar-refractivity contribution in [1.29, 1.82) is 0 Å². The second-order valence-corrected chi connectivity index (χ2v) is 6.06. The van der Waals surface area contributed by atoms with Crippen LogP contribution in [0.25, 0.3) is 0 Å². The van der Waals surface area contributed by atoms with E-state index in [9.17, 15) is 5.11 Å². The van der Waals surface area contributed by atoms with E-state index in [1.54, 1.807) is 14.2 Å². The molecule has 2 rings (SSSR count). The lowest BCUT2D eigenvalue weighted by molar-refractivity contribution is 0.0960. The van der Waals surface area contributed by atoms with Crippen molar-refractivity contribution in [3.8, 4) is 0 Å². The van der Waals surface area contributed by atoms with Crippen LogP contribution in [-0.2, 0) is 9.47 Å². The van der Waals surface area contributed by atoms with Crippen LogP contribution >= 0.6 is 0 Å². The predicted octanol–water partition coefficient (Wildman–Crippen LogP) is 2.03. The largest absolute Gasteiger partial charge is 0.483 e. The van der Waals surface area contributed by atoms with Gasteiger partial charge in [0.1, 0.15) is 12.1 Å². The second-order valence-electron chi connectivity index (χ2n) is 6.06. The third-order valence-electron chi connectivity index (χ3n) is 4.22. The molecular weight excluding hydrogens is 256 g/mol. The summed E-state index contributed by atoms with van der Waals surface area (Å²) in [6, 6.07) is -0.181. The molecule has 4 atom stereocenters. The predicted molar refractivity (Wildman–Crippen MR) is 79.3 cm³/mol.